The number of carbonyl (C=O) groups is 1. The molecule has 3 heterocycles. The van der Waals surface area contributed by atoms with E-state index in [1.165, 1.54) is 23.6 Å². The maximum atomic E-state index is 11.7. The van der Waals surface area contributed by atoms with E-state index in [1.54, 1.807) is 11.8 Å². The summed E-state index contributed by atoms with van der Waals surface area (Å²) in [6.45, 7) is 3.65. The third-order valence-electron chi connectivity index (χ3n) is 5.90. The maximum Gasteiger partial charge on any atom is 0.303 e. The van der Waals surface area contributed by atoms with Gasteiger partial charge in [0.15, 0.2) is 11.5 Å². The molecule has 0 bridgehead atoms. The van der Waals surface area contributed by atoms with E-state index in [-0.39, 0.29) is 30.9 Å². The summed E-state index contributed by atoms with van der Waals surface area (Å²) in [5, 5.41) is 0. The van der Waals surface area contributed by atoms with Crippen LogP contribution in [-0.2, 0) is 20.8 Å². The van der Waals surface area contributed by atoms with E-state index in [1.807, 2.05) is 6.26 Å². The molecular formula is C20H23NO5S. The van der Waals surface area contributed by atoms with Crippen LogP contribution in [-0.4, -0.2) is 54.7 Å². The molecule has 7 heteroatoms. The summed E-state index contributed by atoms with van der Waals surface area (Å²) in [5.41, 5.74) is 3.85. The van der Waals surface area contributed by atoms with Gasteiger partial charge in [0.05, 0.1) is 5.94 Å². The molecule has 144 valence electrons. The van der Waals surface area contributed by atoms with Crippen LogP contribution >= 0.6 is 11.8 Å². The molecule has 27 heavy (non-hydrogen) atoms. The Hall–Kier alpha value is -1.70. The highest BCUT2D eigenvalue weighted by Gasteiger charge is 2.51. The van der Waals surface area contributed by atoms with Crippen LogP contribution in [0.1, 0.15) is 30.4 Å². The summed E-state index contributed by atoms with van der Waals surface area (Å²) in [7, 11) is 0. The summed E-state index contributed by atoms with van der Waals surface area (Å²) in [5.74, 6) is 2.02. The summed E-state index contributed by atoms with van der Waals surface area (Å²) < 4.78 is 23.2. The molecule has 0 spiro atoms. The van der Waals surface area contributed by atoms with Crippen molar-refractivity contribution in [2.24, 2.45) is 0 Å². The fraction of sp³-hybridized carbons (Fsp3) is 0.550. The van der Waals surface area contributed by atoms with Crippen LogP contribution in [0.2, 0.25) is 0 Å². The minimum atomic E-state index is -0.359. The Bertz CT molecular complexity index is 810. The van der Waals surface area contributed by atoms with E-state index in [0.717, 1.165) is 31.0 Å². The minimum Gasteiger partial charge on any atom is -0.455 e. The standard InChI is InChI=1S/C20H23NO5S/c1-11(22)26-17-5-12-3-4-21-8-13-6-15-16(24-9-23-15)7-14(13)18(19(12)21)20(17)25-10-27-2/h5-7,17-20H,3-4,8-10H2,1-2H3/t17-,18-,19?,20+/m0/s1. The van der Waals surface area contributed by atoms with E-state index in [0.29, 0.717) is 12.0 Å². The van der Waals surface area contributed by atoms with Crippen molar-refractivity contribution in [1.82, 2.24) is 4.90 Å². The molecule has 0 N–H and O–H groups in total. The van der Waals surface area contributed by atoms with E-state index >= 15 is 0 Å². The number of hydrogen-bond donors (Lipinski definition) is 0. The van der Waals surface area contributed by atoms with E-state index in [4.69, 9.17) is 18.9 Å². The largest absolute Gasteiger partial charge is 0.455 e. The highest BCUT2D eigenvalue weighted by atomic mass is 32.2. The lowest BCUT2D eigenvalue weighted by Gasteiger charge is -2.46. The van der Waals surface area contributed by atoms with Crippen LogP contribution in [0, 0.1) is 0 Å². The Morgan fingerprint density at radius 3 is 2.93 bits per heavy atom. The minimum absolute atomic E-state index is 0.113. The number of fused-ring (bicyclic) bond motifs is 3. The zero-order chi connectivity index (χ0) is 18.5. The van der Waals surface area contributed by atoms with Gasteiger partial charge in [0, 0.05) is 32.0 Å². The van der Waals surface area contributed by atoms with E-state index in [2.05, 4.69) is 23.1 Å². The quantitative estimate of drug-likeness (QED) is 0.446. The monoisotopic (exact) mass is 389 g/mol. The summed E-state index contributed by atoms with van der Waals surface area (Å²) in [6, 6.07) is 4.52. The SMILES string of the molecule is CSCO[C@@H]1[C@@H](OC(C)=O)C=C2CCN3Cc4cc5c(cc4[C@H]1C23)OCO5. The first-order valence-electron chi connectivity index (χ1n) is 9.30. The van der Waals surface area contributed by atoms with Gasteiger partial charge in [-0.05, 0) is 42.0 Å². The van der Waals surface area contributed by atoms with Gasteiger partial charge in [-0.1, -0.05) is 5.57 Å². The third kappa shape index (κ3) is 2.83. The molecule has 1 aromatic carbocycles. The second kappa shape index (κ2) is 6.72. The van der Waals surface area contributed by atoms with Crippen molar-refractivity contribution in [3.8, 4) is 11.5 Å². The van der Waals surface area contributed by atoms with Crippen molar-refractivity contribution in [1.29, 1.82) is 0 Å². The molecule has 4 aliphatic rings. The number of nitrogens with zero attached hydrogens (tertiary/aromatic N) is 1. The van der Waals surface area contributed by atoms with Crippen molar-refractivity contribution >= 4 is 17.7 Å². The van der Waals surface area contributed by atoms with Gasteiger partial charge in [-0.15, -0.1) is 11.8 Å². The van der Waals surface area contributed by atoms with Gasteiger partial charge in [0.25, 0.3) is 0 Å². The zero-order valence-electron chi connectivity index (χ0n) is 15.5. The van der Waals surface area contributed by atoms with Crippen molar-refractivity contribution in [2.45, 2.75) is 44.1 Å². The molecule has 4 atom stereocenters. The second-order valence-corrected chi connectivity index (χ2v) is 8.26. The number of thioether (sulfide) groups is 1. The topological polar surface area (TPSA) is 57.2 Å². The van der Waals surface area contributed by atoms with Crippen LogP contribution in [0.25, 0.3) is 0 Å². The fourth-order valence-corrected chi connectivity index (χ4v) is 5.25. The van der Waals surface area contributed by atoms with Crippen molar-refractivity contribution in [3.63, 3.8) is 0 Å². The van der Waals surface area contributed by atoms with Gasteiger partial charge >= 0.3 is 5.97 Å². The lowest BCUT2D eigenvalue weighted by atomic mass is 9.73. The van der Waals surface area contributed by atoms with Crippen LogP contribution in [0.15, 0.2) is 23.8 Å². The number of carbonyl (C=O) groups excluding carboxylic acids is 1. The molecule has 1 aromatic rings. The molecule has 6 nitrogen and oxygen atoms in total. The van der Waals surface area contributed by atoms with Crippen LogP contribution in [0.4, 0.5) is 0 Å². The lowest BCUT2D eigenvalue weighted by molar-refractivity contribution is -0.152. The smallest absolute Gasteiger partial charge is 0.303 e. The Balaban J connectivity index is 1.61. The first-order chi connectivity index (χ1) is 13.2. The van der Waals surface area contributed by atoms with E-state index < -0.39 is 0 Å². The van der Waals surface area contributed by atoms with Crippen molar-refractivity contribution in [3.05, 3.63) is 34.9 Å². The molecule has 0 amide bonds. The molecule has 3 aliphatic heterocycles. The first kappa shape index (κ1) is 17.4. The molecule has 1 saturated heterocycles. The van der Waals surface area contributed by atoms with Gasteiger partial charge in [0.1, 0.15) is 12.2 Å². The Morgan fingerprint density at radius 2 is 2.15 bits per heavy atom. The Morgan fingerprint density at radius 1 is 1.33 bits per heavy atom. The average Bonchev–Trinajstić information content (AvgIpc) is 3.25. The van der Waals surface area contributed by atoms with E-state index in [9.17, 15) is 4.79 Å². The lowest BCUT2D eigenvalue weighted by Crippen LogP contribution is -2.51. The van der Waals surface area contributed by atoms with Crippen LogP contribution in [0.3, 0.4) is 0 Å². The van der Waals surface area contributed by atoms with Gasteiger partial charge in [-0.2, -0.15) is 0 Å². The highest BCUT2D eigenvalue weighted by molar-refractivity contribution is 7.98. The van der Waals surface area contributed by atoms with Gasteiger partial charge < -0.3 is 18.9 Å². The van der Waals surface area contributed by atoms with Crippen LogP contribution in [0.5, 0.6) is 11.5 Å². The predicted octanol–water partition coefficient (Wildman–Crippen LogP) is 2.66. The predicted molar refractivity (Wildman–Crippen MR) is 101 cm³/mol. The number of hydrogen-bond acceptors (Lipinski definition) is 7. The van der Waals surface area contributed by atoms with Crippen molar-refractivity contribution < 1.29 is 23.7 Å². The number of esters is 1. The molecule has 1 aliphatic carbocycles. The van der Waals surface area contributed by atoms with Gasteiger partial charge in [-0.25, -0.2) is 0 Å². The Kier molecular flexibility index (Phi) is 4.33. The number of benzene rings is 1. The van der Waals surface area contributed by atoms with Crippen LogP contribution < -0.4 is 9.47 Å². The summed E-state index contributed by atoms with van der Waals surface area (Å²) in [4.78, 5) is 14.3. The molecule has 0 aromatic heterocycles. The molecule has 5 rings (SSSR count). The molecule has 1 unspecified atom stereocenters. The molecule has 1 fully saturated rings. The van der Waals surface area contributed by atoms with Crippen molar-refractivity contribution in [2.75, 3.05) is 25.5 Å². The van der Waals surface area contributed by atoms with Gasteiger partial charge in [0.2, 0.25) is 6.79 Å². The third-order valence-corrected chi connectivity index (χ3v) is 6.28. The summed E-state index contributed by atoms with van der Waals surface area (Å²) in [6.07, 6.45) is 4.58. The summed E-state index contributed by atoms with van der Waals surface area (Å²) >= 11 is 1.63. The maximum absolute atomic E-state index is 11.7. The molecular weight excluding hydrogens is 366 g/mol. The fourth-order valence-electron chi connectivity index (χ4n) is 4.95. The zero-order valence-corrected chi connectivity index (χ0v) is 16.3. The Labute approximate surface area is 162 Å². The molecule has 0 radical (unpaired) electrons. The average molecular weight is 389 g/mol. The second-order valence-electron chi connectivity index (χ2n) is 7.45. The normalized spacial score (nSPS) is 30.5. The van der Waals surface area contributed by atoms with Gasteiger partial charge in [-0.3, -0.25) is 9.69 Å². The number of rotatable bonds is 4. The first-order valence-corrected chi connectivity index (χ1v) is 10.7. The highest BCUT2D eigenvalue weighted by Crippen LogP contribution is 2.50. The molecule has 0 saturated carbocycles. The number of ether oxygens (including phenoxy) is 4.